The first kappa shape index (κ1) is 25.1. The van der Waals surface area contributed by atoms with Gasteiger partial charge in [0.25, 0.3) is 23.5 Å². The number of aryl methyl sites for hydroxylation is 1. The third-order valence-corrected chi connectivity index (χ3v) is 5.96. The third-order valence-electron chi connectivity index (χ3n) is 5.96. The number of fused-ring (bicyclic) bond motifs is 2. The standard InChI is InChI=1S/C25H21N7O7/c1-12-6-13(2-4-15(12)23(36)37)9-26-21(34)17-8-18(32-24(29-17)30-31-25(32)38)22(35)27-10-14-3-5-19-16(7-14)28-20(33)11-39-19/h2-8H,9-11H2,1H3,(H,26,34)(H,27,35)(H,28,33)(H,31,38)(H,36,37). The van der Waals surface area contributed by atoms with Crippen LogP contribution in [0.3, 0.4) is 0 Å². The molecule has 0 radical (unpaired) electrons. The quantitative estimate of drug-likeness (QED) is 0.227. The van der Waals surface area contributed by atoms with Crippen molar-refractivity contribution in [3.8, 4) is 5.75 Å². The second-order valence-electron chi connectivity index (χ2n) is 8.68. The lowest BCUT2D eigenvalue weighted by Crippen LogP contribution is -2.30. The molecule has 1 aliphatic rings. The molecule has 198 valence electrons. The van der Waals surface area contributed by atoms with Gasteiger partial charge in [-0.2, -0.15) is 0 Å². The number of H-pyrrole nitrogens is 1. The van der Waals surface area contributed by atoms with Crippen LogP contribution in [0, 0.1) is 6.92 Å². The van der Waals surface area contributed by atoms with E-state index < -0.39 is 23.5 Å². The van der Waals surface area contributed by atoms with E-state index in [9.17, 15) is 29.1 Å². The number of aromatic amines is 1. The van der Waals surface area contributed by atoms with Gasteiger partial charge >= 0.3 is 11.7 Å². The van der Waals surface area contributed by atoms with Crippen LogP contribution in [-0.2, 0) is 17.9 Å². The average Bonchev–Trinajstić information content (AvgIpc) is 3.29. The Morgan fingerprint density at radius 3 is 2.49 bits per heavy atom. The highest BCUT2D eigenvalue weighted by Gasteiger charge is 2.21. The molecular formula is C25H21N7O7. The first-order valence-corrected chi connectivity index (χ1v) is 11.6. The Balaban J connectivity index is 1.33. The van der Waals surface area contributed by atoms with Crippen molar-refractivity contribution in [2.45, 2.75) is 20.0 Å². The molecule has 0 aliphatic carbocycles. The Hall–Kier alpha value is -5.53. The van der Waals surface area contributed by atoms with Crippen molar-refractivity contribution in [3.05, 3.63) is 86.6 Å². The van der Waals surface area contributed by atoms with Crippen LogP contribution in [0.15, 0.2) is 47.3 Å². The fraction of sp³-hybridized carbons (Fsp3) is 0.160. The van der Waals surface area contributed by atoms with Gasteiger partial charge < -0.3 is 25.8 Å². The fourth-order valence-electron chi connectivity index (χ4n) is 4.06. The maximum Gasteiger partial charge on any atom is 0.349 e. The summed E-state index contributed by atoms with van der Waals surface area (Å²) in [6.07, 6.45) is 0. The molecule has 3 heterocycles. The van der Waals surface area contributed by atoms with Crippen molar-refractivity contribution in [1.82, 2.24) is 30.2 Å². The van der Waals surface area contributed by atoms with Gasteiger partial charge in [0, 0.05) is 13.1 Å². The first-order chi connectivity index (χ1) is 18.7. The number of hydrogen-bond donors (Lipinski definition) is 5. The van der Waals surface area contributed by atoms with Crippen molar-refractivity contribution >= 4 is 35.2 Å². The molecule has 0 saturated heterocycles. The highest BCUT2D eigenvalue weighted by Crippen LogP contribution is 2.28. The minimum atomic E-state index is -1.05. The fourth-order valence-corrected chi connectivity index (χ4v) is 4.06. The largest absolute Gasteiger partial charge is 0.482 e. The van der Waals surface area contributed by atoms with Crippen LogP contribution in [0.4, 0.5) is 5.69 Å². The Bertz CT molecular complexity index is 1720. The van der Waals surface area contributed by atoms with Gasteiger partial charge in [-0.25, -0.2) is 24.1 Å². The molecule has 5 N–H and O–H groups in total. The van der Waals surface area contributed by atoms with Crippen LogP contribution < -0.4 is 26.4 Å². The first-order valence-electron chi connectivity index (χ1n) is 11.6. The molecule has 1 aliphatic heterocycles. The number of benzene rings is 2. The Labute approximate surface area is 219 Å². The molecule has 0 atom stereocenters. The molecule has 5 rings (SSSR count). The van der Waals surface area contributed by atoms with Crippen molar-refractivity contribution in [2.24, 2.45) is 0 Å². The van der Waals surface area contributed by atoms with E-state index in [2.05, 4.69) is 31.1 Å². The number of nitrogens with zero attached hydrogens (tertiary/aromatic N) is 3. The molecule has 0 fully saturated rings. The summed E-state index contributed by atoms with van der Waals surface area (Å²) < 4.78 is 6.27. The van der Waals surface area contributed by atoms with Crippen LogP contribution in [0.25, 0.3) is 5.78 Å². The van der Waals surface area contributed by atoms with Gasteiger partial charge in [-0.1, -0.05) is 18.2 Å². The number of hydrogen-bond acceptors (Lipinski definition) is 8. The van der Waals surface area contributed by atoms with E-state index in [4.69, 9.17) is 4.74 Å². The number of carboxylic acid groups (broad SMARTS) is 1. The number of rotatable bonds is 7. The van der Waals surface area contributed by atoms with E-state index in [1.165, 1.54) is 12.1 Å². The number of aromatic nitrogens is 4. The Morgan fingerprint density at radius 2 is 1.74 bits per heavy atom. The molecule has 0 unspecified atom stereocenters. The molecular weight excluding hydrogens is 510 g/mol. The summed E-state index contributed by atoms with van der Waals surface area (Å²) in [4.78, 5) is 65.1. The van der Waals surface area contributed by atoms with Crippen LogP contribution in [0.5, 0.6) is 5.75 Å². The zero-order chi connectivity index (χ0) is 27.7. The smallest absolute Gasteiger partial charge is 0.349 e. The number of carboxylic acids is 1. The molecule has 14 nitrogen and oxygen atoms in total. The van der Waals surface area contributed by atoms with Crippen molar-refractivity contribution in [1.29, 1.82) is 0 Å². The summed E-state index contributed by atoms with van der Waals surface area (Å²) in [7, 11) is 0. The monoisotopic (exact) mass is 531 g/mol. The molecule has 39 heavy (non-hydrogen) atoms. The highest BCUT2D eigenvalue weighted by atomic mass is 16.5. The lowest BCUT2D eigenvalue weighted by Gasteiger charge is -2.18. The number of nitrogens with one attached hydrogen (secondary N) is 4. The zero-order valence-corrected chi connectivity index (χ0v) is 20.4. The van der Waals surface area contributed by atoms with Crippen LogP contribution >= 0.6 is 0 Å². The number of aromatic carboxylic acids is 1. The molecule has 0 bridgehead atoms. The number of carbonyl (C=O) groups excluding carboxylic acids is 3. The van der Waals surface area contributed by atoms with Gasteiger partial charge in [-0.15, -0.1) is 5.10 Å². The second-order valence-corrected chi connectivity index (χ2v) is 8.68. The average molecular weight is 531 g/mol. The van der Waals surface area contributed by atoms with E-state index in [-0.39, 0.29) is 48.3 Å². The summed E-state index contributed by atoms with van der Waals surface area (Å²) in [6, 6.07) is 10.9. The third kappa shape index (κ3) is 5.16. The predicted molar refractivity (Wildman–Crippen MR) is 135 cm³/mol. The number of ether oxygens (including phenoxy) is 1. The molecule has 2 aromatic heterocycles. The summed E-state index contributed by atoms with van der Waals surface area (Å²) >= 11 is 0. The number of amides is 3. The molecule has 0 spiro atoms. The Morgan fingerprint density at radius 1 is 1.03 bits per heavy atom. The van der Waals surface area contributed by atoms with Crippen molar-refractivity contribution in [2.75, 3.05) is 11.9 Å². The summed E-state index contributed by atoms with van der Waals surface area (Å²) in [6.45, 7) is 1.69. The van der Waals surface area contributed by atoms with E-state index in [0.29, 0.717) is 28.1 Å². The van der Waals surface area contributed by atoms with Crippen molar-refractivity contribution < 1.29 is 29.0 Å². The summed E-state index contributed by atoms with van der Waals surface area (Å²) in [5.41, 5.74) is 1.45. The topological polar surface area (TPSA) is 197 Å². The van der Waals surface area contributed by atoms with Gasteiger partial charge in [0.15, 0.2) is 6.61 Å². The van der Waals surface area contributed by atoms with Crippen LogP contribution in [-0.4, -0.2) is 55.0 Å². The van der Waals surface area contributed by atoms with Gasteiger partial charge in [0.1, 0.15) is 17.1 Å². The van der Waals surface area contributed by atoms with Gasteiger partial charge in [0.2, 0.25) is 0 Å². The maximum atomic E-state index is 13.1. The number of carbonyl (C=O) groups is 4. The molecule has 4 aromatic rings. The zero-order valence-electron chi connectivity index (χ0n) is 20.4. The van der Waals surface area contributed by atoms with Crippen molar-refractivity contribution in [3.63, 3.8) is 0 Å². The normalized spacial score (nSPS) is 12.3. The lowest BCUT2D eigenvalue weighted by atomic mass is 10.1. The number of anilines is 1. The summed E-state index contributed by atoms with van der Waals surface area (Å²) in [5.74, 6) is -2.30. The molecule has 14 heteroatoms. The molecule has 3 amide bonds. The Kier molecular flexibility index (Phi) is 6.50. The van der Waals surface area contributed by atoms with Crippen LogP contribution in [0.2, 0.25) is 0 Å². The van der Waals surface area contributed by atoms with E-state index in [1.807, 2.05) is 0 Å². The molecule has 0 saturated carbocycles. The minimum absolute atomic E-state index is 0.0472. The maximum absolute atomic E-state index is 13.1. The van der Waals surface area contributed by atoms with E-state index in [0.717, 1.165) is 4.40 Å². The van der Waals surface area contributed by atoms with Crippen LogP contribution in [0.1, 0.15) is 48.0 Å². The van der Waals surface area contributed by atoms with E-state index in [1.54, 1.807) is 37.3 Å². The minimum Gasteiger partial charge on any atom is -0.482 e. The SMILES string of the molecule is Cc1cc(CNC(=O)c2cc(C(=O)NCc3ccc4c(c3)NC(=O)CO4)n3c(=O)[nH]nc3n2)ccc1C(=O)O. The van der Waals surface area contributed by atoms with Gasteiger partial charge in [0.05, 0.1) is 11.3 Å². The van der Waals surface area contributed by atoms with E-state index >= 15 is 0 Å². The van der Waals surface area contributed by atoms with Gasteiger partial charge in [-0.3, -0.25) is 14.4 Å². The molecule has 2 aromatic carbocycles. The second kappa shape index (κ2) is 10.1. The lowest BCUT2D eigenvalue weighted by molar-refractivity contribution is -0.118. The predicted octanol–water partition coefficient (Wildman–Crippen LogP) is 0.615. The van der Waals surface area contributed by atoms with Gasteiger partial charge in [-0.05, 0) is 47.9 Å². The highest BCUT2D eigenvalue weighted by molar-refractivity contribution is 5.98. The summed E-state index contributed by atoms with van der Waals surface area (Å²) in [5, 5.41) is 23.2.